The molecule has 0 unspecified atom stereocenters. The minimum absolute atomic E-state index is 0.936. The van der Waals surface area contributed by atoms with Crippen LogP contribution >= 0.6 is 15.9 Å². The zero-order valence-electron chi connectivity index (χ0n) is 8.53. The van der Waals surface area contributed by atoms with Crippen molar-refractivity contribution in [2.75, 3.05) is 7.11 Å². The van der Waals surface area contributed by atoms with Crippen LogP contribution in [0.2, 0.25) is 0 Å². The molecule has 0 amide bonds. The third-order valence-electron chi connectivity index (χ3n) is 2.37. The van der Waals surface area contributed by atoms with E-state index in [1.165, 1.54) is 11.1 Å². The Morgan fingerprint density at radius 1 is 1.20 bits per heavy atom. The summed E-state index contributed by atoms with van der Waals surface area (Å²) in [6.45, 7) is 0. The number of rotatable bonds is 2. The molecule has 0 spiro atoms. The Morgan fingerprint density at radius 2 is 1.93 bits per heavy atom. The first-order chi connectivity index (χ1) is 7.29. The van der Waals surface area contributed by atoms with Gasteiger partial charge in [0.1, 0.15) is 5.76 Å². The molecular weight excluding hydrogens is 252 g/mol. The van der Waals surface area contributed by atoms with Gasteiger partial charge < -0.3 is 4.74 Å². The van der Waals surface area contributed by atoms with Crippen LogP contribution in [-0.2, 0) is 4.74 Å². The molecule has 0 N–H and O–H groups in total. The lowest BCUT2D eigenvalue weighted by atomic mass is 9.97. The summed E-state index contributed by atoms with van der Waals surface area (Å²) >= 11 is 3.43. The molecule has 0 atom stereocenters. The largest absolute Gasteiger partial charge is 0.497 e. The summed E-state index contributed by atoms with van der Waals surface area (Å²) in [5.74, 6) is 0.940. The monoisotopic (exact) mass is 263 g/mol. The normalized spacial score (nSPS) is 15.6. The predicted molar refractivity (Wildman–Crippen MR) is 66.1 cm³/mol. The molecule has 0 aromatic heterocycles. The smallest absolute Gasteiger partial charge is 0.115 e. The van der Waals surface area contributed by atoms with Gasteiger partial charge in [-0.15, -0.1) is 0 Å². The second-order valence-corrected chi connectivity index (χ2v) is 4.27. The summed E-state index contributed by atoms with van der Waals surface area (Å²) in [5, 5.41) is 0. The topological polar surface area (TPSA) is 9.23 Å². The molecule has 0 bridgehead atoms. The predicted octanol–water partition coefficient (Wildman–Crippen LogP) is 3.97. The number of hydrogen-bond acceptors (Lipinski definition) is 1. The molecule has 2 heteroatoms. The molecular formula is C13H12BrO. The molecule has 2 rings (SSSR count). The highest BCUT2D eigenvalue weighted by Gasteiger charge is 2.07. The first-order valence-electron chi connectivity index (χ1n) is 4.84. The van der Waals surface area contributed by atoms with Gasteiger partial charge in [0.05, 0.1) is 7.11 Å². The van der Waals surface area contributed by atoms with Crippen LogP contribution in [0, 0.1) is 6.42 Å². The molecule has 1 aromatic rings. The van der Waals surface area contributed by atoms with Gasteiger partial charge in [0, 0.05) is 4.47 Å². The Kier molecular flexibility index (Phi) is 3.27. The highest BCUT2D eigenvalue weighted by atomic mass is 79.9. The SMILES string of the molecule is COC1=CC[CH]C(c2ccc(Br)cc2)=C1. The van der Waals surface area contributed by atoms with Crippen molar-refractivity contribution in [1.82, 2.24) is 0 Å². The minimum Gasteiger partial charge on any atom is -0.497 e. The van der Waals surface area contributed by atoms with E-state index in [4.69, 9.17) is 4.74 Å². The number of hydrogen-bond donors (Lipinski definition) is 0. The van der Waals surface area contributed by atoms with E-state index in [0.29, 0.717) is 0 Å². The van der Waals surface area contributed by atoms with E-state index in [9.17, 15) is 0 Å². The number of ether oxygens (including phenoxy) is 1. The lowest BCUT2D eigenvalue weighted by molar-refractivity contribution is 0.305. The summed E-state index contributed by atoms with van der Waals surface area (Å²) in [6, 6.07) is 8.31. The van der Waals surface area contributed by atoms with Crippen molar-refractivity contribution in [1.29, 1.82) is 0 Å². The minimum atomic E-state index is 0.936. The van der Waals surface area contributed by atoms with Gasteiger partial charge in [-0.1, -0.05) is 28.1 Å². The molecule has 0 saturated carbocycles. The molecule has 1 nitrogen and oxygen atoms in total. The van der Waals surface area contributed by atoms with Gasteiger partial charge in [0.15, 0.2) is 0 Å². The fourth-order valence-electron chi connectivity index (χ4n) is 1.56. The van der Waals surface area contributed by atoms with Gasteiger partial charge in [-0.2, -0.15) is 0 Å². The Hall–Kier alpha value is -1.02. The molecule has 1 radical (unpaired) electrons. The Bertz CT molecular complexity index is 401. The summed E-state index contributed by atoms with van der Waals surface area (Å²) in [5.41, 5.74) is 2.45. The van der Waals surface area contributed by atoms with E-state index in [2.05, 4.69) is 58.8 Å². The van der Waals surface area contributed by atoms with Crippen molar-refractivity contribution >= 4 is 21.5 Å². The third kappa shape index (κ3) is 2.51. The lowest BCUT2D eigenvalue weighted by Crippen LogP contribution is -1.94. The first kappa shape index (κ1) is 10.5. The molecule has 0 fully saturated rings. The molecule has 1 aromatic carbocycles. The van der Waals surface area contributed by atoms with Crippen molar-refractivity contribution in [3.05, 3.63) is 58.6 Å². The molecule has 15 heavy (non-hydrogen) atoms. The van der Waals surface area contributed by atoms with Gasteiger partial charge in [0.2, 0.25) is 0 Å². The van der Waals surface area contributed by atoms with Crippen LogP contribution in [0.25, 0.3) is 5.57 Å². The van der Waals surface area contributed by atoms with Crippen molar-refractivity contribution in [3.8, 4) is 0 Å². The van der Waals surface area contributed by atoms with Crippen LogP contribution in [0.4, 0.5) is 0 Å². The molecule has 0 heterocycles. The number of halogens is 1. The van der Waals surface area contributed by atoms with E-state index < -0.39 is 0 Å². The molecule has 0 saturated heterocycles. The van der Waals surface area contributed by atoms with Crippen LogP contribution in [0.15, 0.2) is 46.6 Å². The van der Waals surface area contributed by atoms with Gasteiger partial charge in [-0.05, 0) is 48.3 Å². The van der Waals surface area contributed by atoms with E-state index >= 15 is 0 Å². The van der Waals surface area contributed by atoms with E-state index in [1.54, 1.807) is 7.11 Å². The van der Waals surface area contributed by atoms with E-state index in [1.807, 2.05) is 0 Å². The average molecular weight is 264 g/mol. The van der Waals surface area contributed by atoms with Crippen molar-refractivity contribution in [3.63, 3.8) is 0 Å². The van der Waals surface area contributed by atoms with Crippen molar-refractivity contribution in [2.24, 2.45) is 0 Å². The van der Waals surface area contributed by atoms with Gasteiger partial charge in [0.25, 0.3) is 0 Å². The zero-order chi connectivity index (χ0) is 10.7. The fourth-order valence-corrected chi connectivity index (χ4v) is 1.82. The van der Waals surface area contributed by atoms with Crippen LogP contribution in [0.5, 0.6) is 0 Å². The summed E-state index contributed by atoms with van der Waals surface area (Å²) < 4.78 is 6.32. The number of methoxy groups -OCH3 is 1. The van der Waals surface area contributed by atoms with Crippen LogP contribution < -0.4 is 0 Å². The quantitative estimate of drug-likeness (QED) is 0.785. The van der Waals surface area contributed by atoms with Gasteiger partial charge in [-0.25, -0.2) is 0 Å². The number of allylic oxidation sites excluding steroid dienone is 3. The summed E-state index contributed by atoms with van der Waals surface area (Å²) in [4.78, 5) is 0. The van der Waals surface area contributed by atoms with E-state index in [0.717, 1.165) is 16.7 Å². The molecule has 77 valence electrons. The Morgan fingerprint density at radius 3 is 2.60 bits per heavy atom. The fraction of sp³-hybridized carbons (Fsp3) is 0.154. The Labute approximate surface area is 98.6 Å². The first-order valence-corrected chi connectivity index (χ1v) is 5.64. The maximum atomic E-state index is 5.22. The maximum absolute atomic E-state index is 5.22. The second-order valence-electron chi connectivity index (χ2n) is 3.36. The van der Waals surface area contributed by atoms with Crippen LogP contribution in [0.3, 0.4) is 0 Å². The highest BCUT2D eigenvalue weighted by Crippen LogP contribution is 2.26. The van der Waals surface area contributed by atoms with E-state index in [-0.39, 0.29) is 0 Å². The number of benzene rings is 1. The summed E-state index contributed by atoms with van der Waals surface area (Å²) in [7, 11) is 1.70. The third-order valence-corrected chi connectivity index (χ3v) is 2.90. The lowest BCUT2D eigenvalue weighted by Gasteiger charge is -2.13. The van der Waals surface area contributed by atoms with Crippen molar-refractivity contribution < 1.29 is 4.74 Å². The molecule has 1 aliphatic carbocycles. The van der Waals surface area contributed by atoms with Gasteiger partial charge in [-0.3, -0.25) is 0 Å². The highest BCUT2D eigenvalue weighted by molar-refractivity contribution is 9.10. The van der Waals surface area contributed by atoms with Crippen LogP contribution in [-0.4, -0.2) is 7.11 Å². The summed E-state index contributed by atoms with van der Waals surface area (Å²) in [6.07, 6.45) is 7.27. The van der Waals surface area contributed by atoms with Crippen LogP contribution in [0.1, 0.15) is 12.0 Å². The van der Waals surface area contributed by atoms with Crippen molar-refractivity contribution in [2.45, 2.75) is 6.42 Å². The second kappa shape index (κ2) is 4.67. The zero-order valence-corrected chi connectivity index (χ0v) is 10.1. The molecule has 0 aliphatic heterocycles. The standard InChI is InChI=1S/C13H12BrO/c1-15-13-4-2-3-11(9-13)10-5-7-12(14)8-6-10/h3-9H,2H2,1H3. The molecule has 1 aliphatic rings. The Balaban J connectivity index is 2.28. The average Bonchev–Trinajstić information content (AvgIpc) is 2.30. The van der Waals surface area contributed by atoms with Gasteiger partial charge >= 0.3 is 0 Å². The maximum Gasteiger partial charge on any atom is 0.115 e.